The van der Waals surface area contributed by atoms with Crippen LogP contribution in [0.15, 0.2) is 68.8 Å². The first-order valence-electron chi connectivity index (χ1n) is 11.6. The largest absolute Gasteiger partial charge is 0.484 e. The standard InChI is InChI=1S/C27H20Cl2N2O6S/c1-27-21(25(33)34-2)23(16-6-3-4-8-18(16)37-27)31-24(32)20(38-26(31)30-27)12-14-10-11-15(36-14)13-35-19-9-5-7-17(28)22(19)29/h3-12,21,23H,13H2,1-2H3/t21?,23?,27-/m0/s1. The van der Waals surface area contributed by atoms with Crippen LogP contribution in [0.1, 0.15) is 30.0 Å². The molecular weight excluding hydrogens is 551 g/mol. The van der Waals surface area contributed by atoms with Crippen LogP contribution in [0.25, 0.3) is 6.08 Å². The fraction of sp³-hybridized carbons (Fsp3) is 0.222. The van der Waals surface area contributed by atoms with Gasteiger partial charge in [-0.25, -0.2) is 4.99 Å². The molecule has 194 valence electrons. The summed E-state index contributed by atoms with van der Waals surface area (Å²) >= 11 is 13.4. The van der Waals surface area contributed by atoms with Gasteiger partial charge < -0.3 is 18.6 Å². The highest BCUT2D eigenvalue weighted by Crippen LogP contribution is 2.47. The molecule has 11 heteroatoms. The summed E-state index contributed by atoms with van der Waals surface area (Å²) in [5, 5.41) is 0.717. The summed E-state index contributed by atoms with van der Waals surface area (Å²) < 4.78 is 24.9. The summed E-state index contributed by atoms with van der Waals surface area (Å²) in [6.07, 6.45) is 1.65. The Kier molecular flexibility index (Phi) is 6.09. The molecule has 4 heterocycles. The summed E-state index contributed by atoms with van der Waals surface area (Å²) in [6, 6.07) is 15.3. The van der Waals surface area contributed by atoms with Crippen molar-refractivity contribution in [3.63, 3.8) is 0 Å². The van der Waals surface area contributed by atoms with Crippen molar-refractivity contribution >= 4 is 46.6 Å². The lowest BCUT2D eigenvalue weighted by atomic mass is 9.81. The van der Waals surface area contributed by atoms with E-state index in [1.165, 1.54) is 18.4 Å². The van der Waals surface area contributed by atoms with Crippen LogP contribution < -0.4 is 24.4 Å². The summed E-state index contributed by atoms with van der Waals surface area (Å²) in [4.78, 5) is 31.7. The van der Waals surface area contributed by atoms with Crippen LogP contribution in [0.2, 0.25) is 10.0 Å². The van der Waals surface area contributed by atoms with Gasteiger partial charge in [0.05, 0.1) is 22.7 Å². The average molecular weight is 571 g/mol. The summed E-state index contributed by atoms with van der Waals surface area (Å²) in [5.74, 6) is 0.686. The molecule has 0 amide bonds. The minimum absolute atomic E-state index is 0.124. The van der Waals surface area contributed by atoms with Crippen LogP contribution in [0.3, 0.4) is 0 Å². The van der Waals surface area contributed by atoms with Crippen LogP contribution in [0.4, 0.5) is 0 Å². The van der Waals surface area contributed by atoms with Crippen molar-refractivity contribution in [3.05, 3.63) is 101 Å². The van der Waals surface area contributed by atoms with Gasteiger partial charge in [-0.15, -0.1) is 0 Å². The number of ether oxygens (including phenoxy) is 3. The predicted molar refractivity (Wildman–Crippen MR) is 142 cm³/mol. The second-order valence-corrected chi connectivity index (χ2v) is 10.8. The second-order valence-electron chi connectivity index (χ2n) is 8.97. The monoisotopic (exact) mass is 570 g/mol. The summed E-state index contributed by atoms with van der Waals surface area (Å²) in [7, 11) is 1.32. The van der Waals surface area contributed by atoms with Gasteiger partial charge >= 0.3 is 5.97 Å². The number of rotatable bonds is 5. The van der Waals surface area contributed by atoms with Gasteiger partial charge in [0, 0.05) is 11.6 Å². The minimum Gasteiger partial charge on any atom is -0.484 e. The van der Waals surface area contributed by atoms with E-state index in [1.807, 2.05) is 24.3 Å². The Morgan fingerprint density at radius 1 is 1.18 bits per heavy atom. The normalized spacial score (nSPS) is 21.6. The first-order chi connectivity index (χ1) is 18.3. The number of nitrogens with zero attached hydrogens (tertiary/aromatic N) is 2. The zero-order valence-electron chi connectivity index (χ0n) is 20.1. The van der Waals surface area contributed by atoms with E-state index in [-0.39, 0.29) is 12.2 Å². The molecule has 0 saturated heterocycles. The molecule has 2 unspecified atom stereocenters. The molecule has 2 aliphatic heterocycles. The smallest absolute Gasteiger partial charge is 0.317 e. The molecule has 38 heavy (non-hydrogen) atoms. The molecular formula is C27H20Cl2N2O6S. The number of esters is 1. The molecule has 0 radical (unpaired) electrons. The third kappa shape index (κ3) is 4.02. The van der Waals surface area contributed by atoms with Crippen LogP contribution >= 0.6 is 34.5 Å². The lowest BCUT2D eigenvalue weighted by Crippen LogP contribution is -2.58. The van der Waals surface area contributed by atoms with E-state index < -0.39 is 23.7 Å². The quantitative estimate of drug-likeness (QED) is 0.331. The van der Waals surface area contributed by atoms with Crippen molar-refractivity contribution < 1.29 is 23.4 Å². The van der Waals surface area contributed by atoms with Crippen molar-refractivity contribution in [2.45, 2.75) is 25.3 Å². The fourth-order valence-electron chi connectivity index (χ4n) is 4.85. The zero-order valence-corrected chi connectivity index (χ0v) is 22.5. The van der Waals surface area contributed by atoms with Gasteiger partial charge in [-0.2, -0.15) is 0 Å². The maximum Gasteiger partial charge on any atom is 0.317 e. The Bertz CT molecular complexity index is 1760. The lowest BCUT2D eigenvalue weighted by molar-refractivity contribution is -0.158. The SMILES string of the molecule is COC(=O)C1C2c3ccccc3O[C@]1(C)N=c1sc(=Cc3ccc(COc4cccc(Cl)c4Cl)o3)c(=O)n12. The van der Waals surface area contributed by atoms with E-state index in [9.17, 15) is 9.59 Å². The molecule has 0 spiro atoms. The second kappa shape index (κ2) is 9.34. The lowest BCUT2D eigenvalue weighted by Gasteiger charge is -2.44. The molecule has 2 aliphatic rings. The van der Waals surface area contributed by atoms with E-state index in [0.717, 1.165) is 5.56 Å². The molecule has 6 rings (SSSR count). The number of halogens is 2. The first-order valence-corrected chi connectivity index (χ1v) is 13.2. The van der Waals surface area contributed by atoms with Crippen molar-refractivity contribution in [3.8, 4) is 11.5 Å². The number of furan rings is 1. The van der Waals surface area contributed by atoms with Crippen molar-refractivity contribution in [2.75, 3.05) is 7.11 Å². The van der Waals surface area contributed by atoms with Gasteiger partial charge in [0.1, 0.15) is 40.6 Å². The fourth-order valence-corrected chi connectivity index (χ4v) is 6.28. The number of carbonyl (C=O) groups excluding carboxylic acids is 1. The summed E-state index contributed by atoms with van der Waals surface area (Å²) in [5.41, 5.74) is -0.788. The van der Waals surface area contributed by atoms with E-state index in [4.69, 9.17) is 46.8 Å². The molecule has 0 N–H and O–H groups in total. The molecule has 0 aliphatic carbocycles. The van der Waals surface area contributed by atoms with E-state index >= 15 is 0 Å². The van der Waals surface area contributed by atoms with Gasteiger partial charge in [0.25, 0.3) is 5.56 Å². The van der Waals surface area contributed by atoms with Gasteiger partial charge in [0.2, 0.25) is 5.72 Å². The third-order valence-electron chi connectivity index (χ3n) is 6.58. The highest BCUT2D eigenvalue weighted by atomic mass is 35.5. The molecule has 3 atom stereocenters. The Morgan fingerprint density at radius 3 is 2.82 bits per heavy atom. The number of para-hydroxylation sites is 1. The Hall–Kier alpha value is -3.53. The summed E-state index contributed by atoms with van der Waals surface area (Å²) in [6.45, 7) is 1.86. The molecule has 2 aromatic heterocycles. The number of hydrogen-bond donors (Lipinski definition) is 0. The van der Waals surface area contributed by atoms with E-state index in [2.05, 4.69) is 0 Å². The minimum atomic E-state index is -1.22. The molecule has 2 aromatic carbocycles. The number of carbonyl (C=O) groups is 1. The van der Waals surface area contributed by atoms with E-state index in [0.29, 0.717) is 42.4 Å². The molecule has 0 fully saturated rings. The van der Waals surface area contributed by atoms with Crippen LogP contribution in [-0.2, 0) is 16.1 Å². The number of fused-ring (bicyclic) bond motifs is 6. The zero-order chi connectivity index (χ0) is 26.6. The molecule has 2 bridgehead atoms. The number of hydrogen-bond acceptors (Lipinski definition) is 8. The number of aromatic nitrogens is 1. The number of methoxy groups -OCH3 is 1. The van der Waals surface area contributed by atoms with Crippen LogP contribution in [0, 0.1) is 5.92 Å². The van der Waals surface area contributed by atoms with Gasteiger partial charge in [0.15, 0.2) is 4.80 Å². The maximum atomic E-state index is 13.7. The first kappa shape index (κ1) is 24.8. The van der Waals surface area contributed by atoms with Crippen LogP contribution in [0.5, 0.6) is 11.5 Å². The Balaban J connectivity index is 1.38. The third-order valence-corrected chi connectivity index (χ3v) is 8.36. The molecule has 4 aromatic rings. The van der Waals surface area contributed by atoms with Crippen molar-refractivity contribution in [1.82, 2.24) is 4.57 Å². The van der Waals surface area contributed by atoms with Gasteiger partial charge in [-0.1, -0.05) is 58.8 Å². The number of thiazole rings is 1. The Morgan fingerprint density at radius 2 is 2.00 bits per heavy atom. The highest BCUT2D eigenvalue weighted by molar-refractivity contribution is 7.07. The number of benzene rings is 2. The van der Waals surface area contributed by atoms with Gasteiger partial charge in [-0.3, -0.25) is 14.2 Å². The molecule has 8 nitrogen and oxygen atoms in total. The van der Waals surface area contributed by atoms with Crippen molar-refractivity contribution in [2.24, 2.45) is 10.9 Å². The van der Waals surface area contributed by atoms with E-state index in [1.54, 1.807) is 47.9 Å². The van der Waals surface area contributed by atoms with Crippen LogP contribution in [-0.4, -0.2) is 23.4 Å². The predicted octanol–water partition coefficient (Wildman–Crippen LogP) is 4.34. The van der Waals surface area contributed by atoms with Gasteiger partial charge in [-0.05, 0) is 37.3 Å². The molecule has 0 saturated carbocycles. The topological polar surface area (TPSA) is 92.3 Å². The maximum absolute atomic E-state index is 13.7. The highest BCUT2D eigenvalue weighted by Gasteiger charge is 2.55. The average Bonchev–Trinajstić information content (AvgIpc) is 3.47. The van der Waals surface area contributed by atoms with Crippen molar-refractivity contribution in [1.29, 1.82) is 0 Å². The Labute approximate surface area is 230 Å².